The summed E-state index contributed by atoms with van der Waals surface area (Å²) in [5, 5.41) is 10.6. The zero-order chi connectivity index (χ0) is 24.4. The maximum atomic E-state index is 15.0. The molecule has 1 heterocycles. The molecule has 1 aliphatic carbocycles. The van der Waals surface area contributed by atoms with E-state index in [1.807, 2.05) is 24.3 Å². The van der Waals surface area contributed by atoms with Crippen molar-refractivity contribution >= 4 is 34.6 Å². The summed E-state index contributed by atoms with van der Waals surface area (Å²) >= 11 is 0. The van der Waals surface area contributed by atoms with Crippen LogP contribution < -0.4 is 10.1 Å². The van der Waals surface area contributed by atoms with Crippen LogP contribution in [0.2, 0.25) is 0 Å². The number of aromatic nitrogens is 2. The highest BCUT2D eigenvalue weighted by atomic mass is 19.1. The molecule has 3 aromatic carbocycles. The van der Waals surface area contributed by atoms with E-state index in [1.54, 1.807) is 37.5 Å². The number of fused-ring (bicyclic) bond motifs is 1. The molecule has 0 aliphatic heterocycles. The van der Waals surface area contributed by atoms with Crippen molar-refractivity contribution in [2.75, 3.05) is 12.4 Å². The van der Waals surface area contributed by atoms with Crippen LogP contribution in [0.1, 0.15) is 42.5 Å². The van der Waals surface area contributed by atoms with Gasteiger partial charge in [0.25, 0.3) is 0 Å². The number of carbonyl (C=O) groups is 1. The average Bonchev–Trinajstić information content (AvgIpc) is 3.52. The lowest BCUT2D eigenvalue weighted by Gasteiger charge is -2.28. The van der Waals surface area contributed by atoms with Crippen molar-refractivity contribution in [3.8, 4) is 5.75 Å². The van der Waals surface area contributed by atoms with Crippen LogP contribution in [0.4, 0.5) is 14.5 Å². The Morgan fingerprint density at radius 1 is 1.03 bits per heavy atom. The third-order valence-electron chi connectivity index (χ3n) is 6.77. The van der Waals surface area contributed by atoms with Gasteiger partial charge in [0.05, 0.1) is 29.4 Å². The first-order valence-corrected chi connectivity index (χ1v) is 11.6. The number of rotatable bonds is 6. The topological polar surface area (TPSA) is 67.0 Å². The number of nitrogens with zero attached hydrogens (tertiary/aromatic N) is 1. The molecule has 0 saturated heterocycles. The van der Waals surface area contributed by atoms with Gasteiger partial charge >= 0.3 is 0 Å². The van der Waals surface area contributed by atoms with E-state index in [0.717, 1.165) is 29.7 Å². The SMILES string of the molecule is COc1ccc(C2(C(=O)Nc3cc4c(C=Cc5ccc(F)cc5)n[nH]c4cc3F)CCCC2)cc1. The average molecular weight is 474 g/mol. The molecule has 0 unspecified atom stereocenters. The summed E-state index contributed by atoms with van der Waals surface area (Å²) in [6, 6.07) is 16.5. The molecular formula is C28H25F2N3O2. The predicted octanol–water partition coefficient (Wildman–Crippen LogP) is 6.47. The van der Waals surface area contributed by atoms with Crippen LogP contribution in [-0.4, -0.2) is 23.2 Å². The number of hydrogen-bond donors (Lipinski definition) is 2. The highest BCUT2D eigenvalue weighted by Gasteiger charge is 2.43. The number of nitrogens with one attached hydrogen (secondary N) is 2. The third kappa shape index (κ3) is 4.41. The molecule has 7 heteroatoms. The summed E-state index contributed by atoms with van der Waals surface area (Å²) in [6.45, 7) is 0. The lowest BCUT2D eigenvalue weighted by molar-refractivity contribution is -0.121. The quantitative estimate of drug-likeness (QED) is 0.337. The molecule has 2 N–H and O–H groups in total. The van der Waals surface area contributed by atoms with Crippen molar-refractivity contribution in [1.29, 1.82) is 0 Å². The molecule has 5 rings (SSSR count). The molecule has 1 amide bonds. The maximum absolute atomic E-state index is 15.0. The van der Waals surface area contributed by atoms with Gasteiger partial charge in [-0.3, -0.25) is 9.89 Å². The van der Waals surface area contributed by atoms with Gasteiger partial charge in [0.1, 0.15) is 17.4 Å². The van der Waals surface area contributed by atoms with Crippen LogP contribution in [0, 0.1) is 11.6 Å². The predicted molar refractivity (Wildman–Crippen MR) is 133 cm³/mol. The van der Waals surface area contributed by atoms with Gasteiger partial charge in [-0.2, -0.15) is 5.10 Å². The minimum atomic E-state index is -0.713. The normalized spacial score (nSPS) is 15.1. The van der Waals surface area contributed by atoms with Gasteiger partial charge in [-0.15, -0.1) is 0 Å². The Kier molecular flexibility index (Phi) is 6.07. The molecule has 1 aromatic heterocycles. The molecule has 1 fully saturated rings. The van der Waals surface area contributed by atoms with Crippen LogP contribution >= 0.6 is 0 Å². The molecular weight excluding hydrogens is 448 g/mol. The van der Waals surface area contributed by atoms with E-state index in [0.29, 0.717) is 29.4 Å². The number of benzene rings is 3. The summed E-state index contributed by atoms with van der Waals surface area (Å²) in [5.74, 6) is -0.338. The Morgan fingerprint density at radius 3 is 2.43 bits per heavy atom. The zero-order valence-electron chi connectivity index (χ0n) is 19.3. The number of H-pyrrole nitrogens is 1. The van der Waals surface area contributed by atoms with Crippen molar-refractivity contribution in [3.05, 3.63) is 89.1 Å². The molecule has 0 spiro atoms. The summed E-state index contributed by atoms with van der Waals surface area (Å²) in [4.78, 5) is 13.6. The number of ether oxygens (including phenoxy) is 1. The van der Waals surface area contributed by atoms with Gasteiger partial charge in [0.2, 0.25) is 5.91 Å². The Balaban J connectivity index is 1.44. The second kappa shape index (κ2) is 9.33. The molecule has 0 bridgehead atoms. The monoisotopic (exact) mass is 473 g/mol. The highest BCUT2D eigenvalue weighted by Crippen LogP contribution is 2.43. The molecule has 0 radical (unpaired) electrons. The van der Waals surface area contributed by atoms with Crippen LogP contribution in [0.3, 0.4) is 0 Å². The van der Waals surface area contributed by atoms with E-state index in [-0.39, 0.29) is 17.4 Å². The fourth-order valence-electron chi connectivity index (χ4n) is 4.81. The molecule has 1 saturated carbocycles. The van der Waals surface area contributed by atoms with Crippen molar-refractivity contribution in [1.82, 2.24) is 10.2 Å². The van der Waals surface area contributed by atoms with Gasteiger partial charge in [0.15, 0.2) is 0 Å². The first-order chi connectivity index (χ1) is 17.0. The van der Waals surface area contributed by atoms with Crippen molar-refractivity contribution < 1.29 is 18.3 Å². The van der Waals surface area contributed by atoms with E-state index in [1.165, 1.54) is 18.2 Å². The largest absolute Gasteiger partial charge is 0.497 e. The third-order valence-corrected chi connectivity index (χ3v) is 6.77. The molecule has 0 atom stereocenters. The summed E-state index contributed by atoms with van der Waals surface area (Å²) in [7, 11) is 1.60. The molecule has 4 aromatic rings. The van der Waals surface area contributed by atoms with Gasteiger partial charge in [-0.05, 0) is 60.4 Å². The van der Waals surface area contributed by atoms with E-state index in [9.17, 15) is 13.6 Å². The zero-order valence-corrected chi connectivity index (χ0v) is 19.3. The Morgan fingerprint density at radius 2 is 1.74 bits per heavy atom. The standard InChI is InChI=1S/C28H25F2N3O2/c1-35-21-11-7-19(8-12-21)28(14-2-3-15-28)27(34)31-26-16-22-24(32-33-25(22)17-23(26)30)13-6-18-4-9-20(29)10-5-18/h4-13,16-17H,2-3,14-15H2,1H3,(H,31,34)(H,32,33). The number of methoxy groups -OCH3 is 1. The highest BCUT2D eigenvalue weighted by molar-refractivity contribution is 6.01. The van der Waals surface area contributed by atoms with Crippen molar-refractivity contribution in [2.24, 2.45) is 0 Å². The first-order valence-electron chi connectivity index (χ1n) is 11.6. The fourth-order valence-corrected chi connectivity index (χ4v) is 4.81. The molecule has 35 heavy (non-hydrogen) atoms. The number of carbonyl (C=O) groups excluding carboxylic acids is 1. The maximum Gasteiger partial charge on any atom is 0.235 e. The summed E-state index contributed by atoms with van der Waals surface area (Å²) in [6.07, 6.45) is 6.83. The number of aromatic amines is 1. The second-order valence-corrected chi connectivity index (χ2v) is 8.84. The minimum absolute atomic E-state index is 0.111. The van der Waals surface area contributed by atoms with E-state index in [2.05, 4.69) is 15.5 Å². The van der Waals surface area contributed by atoms with Crippen molar-refractivity contribution in [2.45, 2.75) is 31.1 Å². The molecule has 5 nitrogen and oxygen atoms in total. The van der Waals surface area contributed by atoms with E-state index >= 15 is 0 Å². The first kappa shape index (κ1) is 22.8. The van der Waals surface area contributed by atoms with Crippen molar-refractivity contribution in [3.63, 3.8) is 0 Å². The second-order valence-electron chi connectivity index (χ2n) is 8.84. The Bertz CT molecular complexity index is 1390. The number of hydrogen-bond acceptors (Lipinski definition) is 3. The molecule has 1 aliphatic rings. The van der Waals surface area contributed by atoms with Gasteiger partial charge < -0.3 is 10.1 Å². The van der Waals surface area contributed by atoms with Gasteiger partial charge in [0, 0.05) is 11.5 Å². The van der Waals surface area contributed by atoms with E-state index in [4.69, 9.17) is 4.74 Å². The lowest BCUT2D eigenvalue weighted by atomic mass is 9.78. The van der Waals surface area contributed by atoms with E-state index < -0.39 is 11.2 Å². The van der Waals surface area contributed by atoms with Crippen LogP contribution in [0.15, 0.2) is 60.7 Å². The lowest BCUT2D eigenvalue weighted by Crippen LogP contribution is -2.38. The molecule has 178 valence electrons. The van der Waals surface area contributed by atoms with Crippen LogP contribution in [0.25, 0.3) is 23.1 Å². The number of halogens is 2. The number of amides is 1. The fraction of sp³-hybridized carbons (Fsp3) is 0.214. The number of anilines is 1. The smallest absolute Gasteiger partial charge is 0.235 e. The summed E-state index contributed by atoms with van der Waals surface area (Å²) < 4.78 is 33.4. The Hall–Kier alpha value is -4.00. The summed E-state index contributed by atoms with van der Waals surface area (Å²) in [5.41, 5.74) is 2.22. The van der Waals surface area contributed by atoms with Crippen LogP contribution in [0.5, 0.6) is 5.75 Å². The van der Waals surface area contributed by atoms with Crippen LogP contribution in [-0.2, 0) is 10.2 Å². The van der Waals surface area contributed by atoms with Gasteiger partial charge in [-0.25, -0.2) is 8.78 Å². The van der Waals surface area contributed by atoms with Gasteiger partial charge in [-0.1, -0.05) is 43.2 Å². The Labute approximate surface area is 201 Å². The minimum Gasteiger partial charge on any atom is -0.497 e.